The van der Waals surface area contributed by atoms with Crippen molar-refractivity contribution >= 4 is 6.04 Å². The van der Waals surface area contributed by atoms with Gasteiger partial charge in [-0.15, -0.1) is 0 Å². The zero-order valence-electron chi connectivity index (χ0n) is 7.64. The lowest BCUT2D eigenvalue weighted by Gasteiger charge is -1.99. The summed E-state index contributed by atoms with van der Waals surface area (Å²) in [6.07, 6.45) is 0. The van der Waals surface area contributed by atoms with Gasteiger partial charge in [-0.25, -0.2) is 4.68 Å². The summed E-state index contributed by atoms with van der Waals surface area (Å²) in [7, 11) is 1.33. The Balaban J connectivity index is 3.35. The summed E-state index contributed by atoms with van der Waals surface area (Å²) >= 11 is 0. The Morgan fingerprint density at radius 2 is 2.08 bits per heavy atom. The van der Waals surface area contributed by atoms with Gasteiger partial charge in [0.05, 0.1) is 5.69 Å². The van der Waals surface area contributed by atoms with E-state index in [0.717, 1.165) is 4.68 Å². The van der Waals surface area contributed by atoms with E-state index in [1.807, 2.05) is 0 Å². The Hall–Kier alpha value is -1.26. The fourth-order valence-corrected chi connectivity index (χ4v) is 1.11. The molecule has 1 aromatic rings. The number of rotatable bonds is 2. The minimum atomic E-state index is -1.77. The first-order valence-electron chi connectivity index (χ1n) is 3.87. The molecule has 0 radical (unpaired) electrons. The highest BCUT2D eigenvalue weighted by molar-refractivity contribution is 5.89. The van der Waals surface area contributed by atoms with Gasteiger partial charge in [-0.3, -0.25) is 4.79 Å². The van der Waals surface area contributed by atoms with Crippen LogP contribution in [0.3, 0.4) is 0 Å². The molecule has 1 rings (SSSR count). The molecule has 0 aliphatic heterocycles. The molecule has 0 saturated heterocycles. The monoisotopic (exact) mass is 188 g/mol. The van der Waals surface area contributed by atoms with Gasteiger partial charge >= 0.3 is 6.04 Å². The third-order valence-electron chi connectivity index (χ3n) is 1.75. The fourth-order valence-electron chi connectivity index (χ4n) is 1.11. The van der Waals surface area contributed by atoms with Crippen LogP contribution in [-0.2, 0) is 7.05 Å². The number of nitrogens with zero attached hydrogens (tertiary/aromatic N) is 2. The molecule has 0 aliphatic rings. The first-order valence-corrected chi connectivity index (χ1v) is 3.87. The van der Waals surface area contributed by atoms with Crippen molar-refractivity contribution in [3.8, 4) is 0 Å². The highest BCUT2D eigenvalue weighted by Gasteiger charge is 2.24. The predicted molar refractivity (Wildman–Crippen MR) is 42.7 cm³/mol. The molecule has 0 unspecified atom stereocenters. The van der Waals surface area contributed by atoms with Crippen molar-refractivity contribution in [1.29, 1.82) is 0 Å². The van der Waals surface area contributed by atoms with Crippen molar-refractivity contribution in [3.05, 3.63) is 17.2 Å². The minimum Gasteiger partial charge on any atom is -0.255 e. The number of carbonyl (C=O) groups is 1. The number of halogens is 2. The van der Waals surface area contributed by atoms with Crippen LogP contribution in [-0.4, -0.2) is 15.8 Å². The highest BCUT2D eigenvalue weighted by atomic mass is 19.1. The molecular weight excluding hydrogens is 178 g/mol. The van der Waals surface area contributed by atoms with Crippen LogP contribution in [0.15, 0.2) is 0 Å². The van der Waals surface area contributed by atoms with Crippen molar-refractivity contribution in [3.63, 3.8) is 0 Å². The normalized spacial score (nSPS) is 10.9. The largest absolute Gasteiger partial charge is 0.338 e. The number of aryl methyl sites for hydroxylation is 1. The van der Waals surface area contributed by atoms with Crippen LogP contribution in [0.1, 0.15) is 35.8 Å². The van der Waals surface area contributed by atoms with E-state index in [2.05, 4.69) is 5.10 Å². The van der Waals surface area contributed by atoms with Crippen LogP contribution < -0.4 is 0 Å². The molecule has 5 heteroatoms. The van der Waals surface area contributed by atoms with Gasteiger partial charge in [-0.1, -0.05) is 13.8 Å². The summed E-state index contributed by atoms with van der Waals surface area (Å²) < 4.78 is 26.3. The second-order valence-corrected chi connectivity index (χ2v) is 3.10. The maximum absolute atomic E-state index is 13.1. The van der Waals surface area contributed by atoms with E-state index in [1.54, 1.807) is 13.8 Å². The Morgan fingerprint density at radius 1 is 1.54 bits per heavy atom. The van der Waals surface area contributed by atoms with Gasteiger partial charge in [0.15, 0.2) is 0 Å². The molecule has 0 amide bonds. The SMILES string of the molecule is CC(C)c1nn(C)c(F)c1C(=O)F. The summed E-state index contributed by atoms with van der Waals surface area (Å²) in [6.45, 7) is 3.43. The topological polar surface area (TPSA) is 34.9 Å². The van der Waals surface area contributed by atoms with Crippen LogP contribution >= 0.6 is 0 Å². The van der Waals surface area contributed by atoms with Gasteiger partial charge in [0.2, 0.25) is 5.95 Å². The summed E-state index contributed by atoms with van der Waals surface area (Å²) in [6, 6.07) is -1.77. The van der Waals surface area contributed by atoms with E-state index in [0.29, 0.717) is 0 Å². The molecule has 0 saturated carbocycles. The van der Waals surface area contributed by atoms with Gasteiger partial charge < -0.3 is 0 Å². The van der Waals surface area contributed by atoms with Gasteiger partial charge in [-0.2, -0.15) is 13.9 Å². The van der Waals surface area contributed by atoms with Gasteiger partial charge in [0.1, 0.15) is 5.56 Å². The van der Waals surface area contributed by atoms with Crippen molar-refractivity contribution in [2.45, 2.75) is 19.8 Å². The van der Waals surface area contributed by atoms with E-state index >= 15 is 0 Å². The molecule has 1 aromatic heterocycles. The van der Waals surface area contributed by atoms with E-state index in [-0.39, 0.29) is 11.6 Å². The molecule has 0 aromatic carbocycles. The van der Waals surface area contributed by atoms with E-state index in [4.69, 9.17) is 0 Å². The molecule has 72 valence electrons. The highest BCUT2D eigenvalue weighted by Crippen LogP contribution is 2.21. The lowest BCUT2D eigenvalue weighted by Crippen LogP contribution is -2.00. The molecular formula is C8H10F2N2O. The maximum Gasteiger partial charge on any atom is 0.338 e. The molecule has 0 spiro atoms. The van der Waals surface area contributed by atoms with Crippen LogP contribution in [0, 0.1) is 5.95 Å². The van der Waals surface area contributed by atoms with Crippen LogP contribution in [0.4, 0.5) is 8.78 Å². The number of hydrogen-bond donors (Lipinski definition) is 0. The van der Waals surface area contributed by atoms with E-state index in [1.165, 1.54) is 7.05 Å². The van der Waals surface area contributed by atoms with Gasteiger partial charge in [0.25, 0.3) is 0 Å². The number of carbonyl (C=O) groups excluding carboxylic acids is 1. The molecule has 0 aliphatic carbocycles. The second kappa shape index (κ2) is 3.24. The first-order chi connectivity index (χ1) is 5.95. The Bertz CT molecular complexity index is 344. The lowest BCUT2D eigenvalue weighted by atomic mass is 10.1. The Morgan fingerprint density at radius 3 is 2.38 bits per heavy atom. The predicted octanol–water partition coefficient (Wildman–Crippen LogP) is 1.79. The first kappa shape index (κ1) is 9.83. The summed E-state index contributed by atoms with van der Waals surface area (Å²) in [5.41, 5.74) is -0.384. The molecule has 3 nitrogen and oxygen atoms in total. The maximum atomic E-state index is 13.1. The summed E-state index contributed by atoms with van der Waals surface area (Å²) in [5, 5.41) is 3.71. The molecule has 13 heavy (non-hydrogen) atoms. The smallest absolute Gasteiger partial charge is 0.255 e. The van der Waals surface area contributed by atoms with E-state index < -0.39 is 17.5 Å². The third kappa shape index (κ3) is 1.59. The zero-order valence-corrected chi connectivity index (χ0v) is 7.64. The standard InChI is InChI=1S/C8H10F2N2O/c1-4(2)6-5(8(10)13)7(9)12(3)11-6/h4H,1-3H3. The number of hydrogen-bond acceptors (Lipinski definition) is 2. The molecule has 0 N–H and O–H groups in total. The average molecular weight is 188 g/mol. The fraction of sp³-hybridized carbons (Fsp3) is 0.500. The van der Waals surface area contributed by atoms with Crippen LogP contribution in [0.25, 0.3) is 0 Å². The third-order valence-corrected chi connectivity index (χ3v) is 1.75. The van der Waals surface area contributed by atoms with Crippen LogP contribution in [0.2, 0.25) is 0 Å². The van der Waals surface area contributed by atoms with Crippen LogP contribution in [0.5, 0.6) is 0 Å². The van der Waals surface area contributed by atoms with E-state index in [9.17, 15) is 13.6 Å². The molecule has 0 fully saturated rings. The Kier molecular flexibility index (Phi) is 2.45. The molecule has 0 bridgehead atoms. The van der Waals surface area contributed by atoms with Crippen molar-refractivity contribution in [1.82, 2.24) is 9.78 Å². The second-order valence-electron chi connectivity index (χ2n) is 3.10. The van der Waals surface area contributed by atoms with Crippen molar-refractivity contribution in [2.75, 3.05) is 0 Å². The summed E-state index contributed by atoms with van der Waals surface area (Å²) in [4.78, 5) is 10.4. The quantitative estimate of drug-likeness (QED) is 0.663. The van der Waals surface area contributed by atoms with Gasteiger partial charge in [0, 0.05) is 7.05 Å². The lowest BCUT2D eigenvalue weighted by molar-refractivity contribution is 0.0829. The van der Waals surface area contributed by atoms with Gasteiger partial charge in [-0.05, 0) is 5.92 Å². The van der Waals surface area contributed by atoms with Crippen molar-refractivity contribution in [2.24, 2.45) is 7.05 Å². The minimum absolute atomic E-state index is 0.160. The zero-order chi connectivity index (χ0) is 10.2. The Labute approximate surface area is 74.4 Å². The molecule has 0 atom stereocenters. The summed E-state index contributed by atoms with van der Waals surface area (Å²) in [5.74, 6) is -1.10. The average Bonchev–Trinajstić information content (AvgIpc) is 2.28. The molecule has 1 heterocycles. The van der Waals surface area contributed by atoms with Crippen molar-refractivity contribution < 1.29 is 13.6 Å². The number of aromatic nitrogens is 2.